The van der Waals surface area contributed by atoms with Gasteiger partial charge in [0.15, 0.2) is 0 Å². The van der Waals surface area contributed by atoms with Crippen LogP contribution in [0.15, 0.2) is 27.6 Å². The van der Waals surface area contributed by atoms with Crippen molar-refractivity contribution in [2.75, 3.05) is 0 Å². The Balaban J connectivity index is 1.40. The van der Waals surface area contributed by atoms with Crippen LogP contribution in [-0.4, -0.2) is 44.8 Å². The molecular weight excluding hydrogens is 384 g/mol. The summed E-state index contributed by atoms with van der Waals surface area (Å²) in [5.41, 5.74) is -1.17. The molecule has 0 bridgehead atoms. The zero-order valence-corrected chi connectivity index (χ0v) is 17.7. The van der Waals surface area contributed by atoms with E-state index in [4.69, 9.17) is 9.15 Å². The molecule has 5 aliphatic rings. The number of rotatable bonds is 1. The van der Waals surface area contributed by atoms with Crippen molar-refractivity contribution >= 4 is 0 Å². The average molecular weight is 417 g/mol. The Morgan fingerprint density at radius 1 is 1.00 bits per heavy atom. The van der Waals surface area contributed by atoms with Crippen LogP contribution in [0.1, 0.15) is 70.3 Å². The maximum atomic E-state index is 11.6. The van der Waals surface area contributed by atoms with Crippen LogP contribution in [-0.2, 0) is 4.74 Å². The fourth-order valence-corrected chi connectivity index (χ4v) is 8.81. The van der Waals surface area contributed by atoms with Crippen LogP contribution in [0.4, 0.5) is 0 Å². The van der Waals surface area contributed by atoms with Gasteiger partial charge in [0.05, 0.1) is 24.1 Å². The minimum absolute atomic E-state index is 0.122. The molecule has 5 fully saturated rings. The van der Waals surface area contributed by atoms with Gasteiger partial charge in [0.1, 0.15) is 11.7 Å². The van der Waals surface area contributed by atoms with E-state index in [1.54, 1.807) is 6.07 Å². The monoisotopic (exact) mass is 416 g/mol. The molecule has 0 amide bonds. The lowest BCUT2D eigenvalue weighted by Gasteiger charge is -2.63. The number of aliphatic hydroxyl groups excluding tert-OH is 2. The fourth-order valence-electron chi connectivity index (χ4n) is 8.81. The van der Waals surface area contributed by atoms with E-state index in [1.807, 2.05) is 0 Å². The van der Waals surface area contributed by atoms with Crippen molar-refractivity contribution < 1.29 is 24.5 Å². The summed E-state index contributed by atoms with van der Waals surface area (Å²) in [4.78, 5) is 11.5. The summed E-state index contributed by atoms with van der Waals surface area (Å²) in [6.45, 7) is 4.46. The van der Waals surface area contributed by atoms with Gasteiger partial charge in [-0.2, -0.15) is 0 Å². The number of hydrogen-bond donors (Lipinski definition) is 3. The summed E-state index contributed by atoms with van der Waals surface area (Å²) in [6.07, 6.45) is 5.74. The number of fused-ring (bicyclic) bond motifs is 3. The van der Waals surface area contributed by atoms with E-state index >= 15 is 0 Å². The fraction of sp³-hybridized carbons (Fsp3) is 0.792. The highest BCUT2D eigenvalue weighted by Crippen LogP contribution is 2.78. The summed E-state index contributed by atoms with van der Waals surface area (Å²) < 4.78 is 11.6. The lowest BCUT2D eigenvalue weighted by atomic mass is 9.42. The second kappa shape index (κ2) is 5.77. The third-order valence-electron chi connectivity index (χ3n) is 10.3. The van der Waals surface area contributed by atoms with Crippen LogP contribution in [0.25, 0.3) is 0 Å². The van der Waals surface area contributed by atoms with Crippen LogP contribution in [0.5, 0.6) is 0 Å². The summed E-state index contributed by atoms with van der Waals surface area (Å²) in [6, 6.07) is 3.22. The molecule has 1 aromatic heterocycles. The molecule has 2 heterocycles. The lowest BCUT2D eigenvalue weighted by Crippen LogP contribution is -2.65. The molecule has 4 saturated carbocycles. The van der Waals surface area contributed by atoms with Gasteiger partial charge in [-0.25, -0.2) is 4.79 Å². The maximum Gasteiger partial charge on any atom is 0.335 e. The first-order valence-corrected chi connectivity index (χ1v) is 11.5. The first-order chi connectivity index (χ1) is 14.2. The van der Waals surface area contributed by atoms with Gasteiger partial charge in [0.25, 0.3) is 0 Å². The SMILES string of the molecule is C[C@]12CC[C@H]3[C@@H](CC[C@]4(O)C[C@@H](O)CC[C@]34C)C13O[C@@H]3[C@H](O)[C@@H]2c1ccc(=O)oc1. The Morgan fingerprint density at radius 2 is 1.73 bits per heavy atom. The van der Waals surface area contributed by atoms with Crippen LogP contribution < -0.4 is 5.63 Å². The Labute approximate surface area is 176 Å². The van der Waals surface area contributed by atoms with E-state index in [0.29, 0.717) is 18.8 Å². The third kappa shape index (κ3) is 2.07. The van der Waals surface area contributed by atoms with Gasteiger partial charge in [0, 0.05) is 23.8 Å². The van der Waals surface area contributed by atoms with E-state index in [-0.39, 0.29) is 40.0 Å². The van der Waals surface area contributed by atoms with Crippen molar-refractivity contribution in [3.63, 3.8) is 0 Å². The summed E-state index contributed by atoms with van der Waals surface area (Å²) in [5.74, 6) is 0.488. The van der Waals surface area contributed by atoms with Gasteiger partial charge in [-0.1, -0.05) is 13.8 Å². The molecule has 1 unspecified atom stereocenters. The molecule has 1 aromatic rings. The molecule has 0 radical (unpaired) electrons. The van der Waals surface area contributed by atoms with Gasteiger partial charge in [-0.05, 0) is 67.4 Å². The lowest BCUT2D eigenvalue weighted by molar-refractivity contribution is -0.224. The summed E-state index contributed by atoms with van der Waals surface area (Å²) in [5, 5.41) is 33.1. The standard InChI is InChI=1S/C24H32O6/c1-21-8-5-14(25)11-23(21,28)10-7-16-15(21)6-9-22(2)18(13-3-4-17(26)29-12-13)19(27)20-24(16,22)30-20/h3-4,12,14-16,18-20,25,27-28H,5-11H2,1-2H3/t14-,15-,16+,18-,19+,20+,21+,22+,23-,24?/m0/s1. The van der Waals surface area contributed by atoms with Crippen molar-refractivity contribution in [2.24, 2.45) is 22.7 Å². The molecule has 6 nitrogen and oxygen atoms in total. The number of aliphatic hydroxyl groups is 3. The van der Waals surface area contributed by atoms with Gasteiger partial charge >= 0.3 is 5.63 Å². The molecule has 6 rings (SSSR count). The second-order valence-corrected chi connectivity index (χ2v) is 11.2. The Morgan fingerprint density at radius 3 is 2.47 bits per heavy atom. The first kappa shape index (κ1) is 19.5. The van der Waals surface area contributed by atoms with Crippen LogP contribution >= 0.6 is 0 Å². The molecule has 1 aliphatic heterocycles. The van der Waals surface area contributed by atoms with Crippen molar-refractivity contribution in [1.82, 2.24) is 0 Å². The predicted octanol–water partition coefficient (Wildman–Crippen LogP) is 2.34. The first-order valence-electron chi connectivity index (χ1n) is 11.5. The molecule has 1 saturated heterocycles. The molecule has 30 heavy (non-hydrogen) atoms. The second-order valence-electron chi connectivity index (χ2n) is 11.2. The van der Waals surface area contributed by atoms with Gasteiger partial charge < -0.3 is 24.5 Å². The molecule has 6 heteroatoms. The molecule has 4 aliphatic carbocycles. The number of hydrogen-bond acceptors (Lipinski definition) is 6. The molecular formula is C24H32O6. The van der Waals surface area contributed by atoms with Gasteiger partial charge in [-0.3, -0.25) is 0 Å². The highest BCUT2D eigenvalue weighted by atomic mass is 16.6. The smallest absolute Gasteiger partial charge is 0.335 e. The molecule has 10 atom stereocenters. The Kier molecular flexibility index (Phi) is 3.75. The zero-order chi connectivity index (χ0) is 21.1. The van der Waals surface area contributed by atoms with Crippen molar-refractivity contribution in [3.05, 3.63) is 34.4 Å². The van der Waals surface area contributed by atoms with Crippen LogP contribution in [0.2, 0.25) is 0 Å². The zero-order valence-electron chi connectivity index (χ0n) is 17.7. The maximum absolute atomic E-state index is 11.6. The quantitative estimate of drug-likeness (QED) is 0.607. The van der Waals surface area contributed by atoms with Crippen LogP contribution in [0, 0.1) is 22.7 Å². The topological polar surface area (TPSA) is 103 Å². The van der Waals surface area contributed by atoms with E-state index in [2.05, 4.69) is 13.8 Å². The average Bonchev–Trinajstić information content (AvgIpc) is 3.41. The minimum Gasteiger partial charge on any atom is -0.431 e. The van der Waals surface area contributed by atoms with Crippen molar-refractivity contribution in [1.29, 1.82) is 0 Å². The summed E-state index contributed by atoms with van der Waals surface area (Å²) >= 11 is 0. The minimum atomic E-state index is -0.819. The van der Waals surface area contributed by atoms with E-state index in [0.717, 1.165) is 37.7 Å². The number of ether oxygens (including phenoxy) is 1. The Bertz CT molecular complexity index is 923. The van der Waals surface area contributed by atoms with Crippen molar-refractivity contribution in [2.45, 2.75) is 94.2 Å². The largest absolute Gasteiger partial charge is 0.431 e. The highest BCUT2D eigenvalue weighted by Gasteiger charge is 2.84. The summed E-state index contributed by atoms with van der Waals surface area (Å²) in [7, 11) is 0. The molecule has 0 aromatic carbocycles. The highest BCUT2D eigenvalue weighted by molar-refractivity contribution is 5.38. The molecule has 1 spiro atoms. The molecule has 3 N–H and O–H groups in total. The predicted molar refractivity (Wildman–Crippen MR) is 108 cm³/mol. The third-order valence-corrected chi connectivity index (χ3v) is 10.3. The van der Waals surface area contributed by atoms with E-state index in [9.17, 15) is 20.1 Å². The van der Waals surface area contributed by atoms with Crippen molar-refractivity contribution in [3.8, 4) is 0 Å². The molecule has 164 valence electrons. The Hall–Kier alpha value is -1.21. The van der Waals surface area contributed by atoms with Gasteiger partial charge in [0.2, 0.25) is 0 Å². The van der Waals surface area contributed by atoms with E-state index < -0.39 is 17.8 Å². The van der Waals surface area contributed by atoms with E-state index in [1.165, 1.54) is 12.3 Å². The normalized spacial score (nSPS) is 56.4. The van der Waals surface area contributed by atoms with Crippen LogP contribution in [0.3, 0.4) is 0 Å². The number of epoxide rings is 1. The van der Waals surface area contributed by atoms with Gasteiger partial charge in [-0.15, -0.1) is 0 Å².